The summed E-state index contributed by atoms with van der Waals surface area (Å²) in [6.45, 7) is 4.09. The molecular weight excluding hydrogens is 569 g/mol. The molecule has 2 aromatic heterocycles. The van der Waals surface area contributed by atoms with Gasteiger partial charge in [0.25, 0.3) is 0 Å². The van der Waals surface area contributed by atoms with Crippen LogP contribution in [0.1, 0.15) is 47.2 Å². The number of ether oxygens (including phenoxy) is 2. The maximum absolute atomic E-state index is 13.7. The normalized spacial score (nSPS) is 17.9. The minimum absolute atomic E-state index is 0.290. The topological polar surface area (TPSA) is 78.5 Å². The molecule has 222 valence electrons. The van der Waals surface area contributed by atoms with E-state index in [9.17, 15) is 14.3 Å². The molecular formula is C34H33ClFN3O4. The summed E-state index contributed by atoms with van der Waals surface area (Å²) in [5.74, 6) is 0.178. The molecule has 1 N–H and O–H groups in total. The van der Waals surface area contributed by atoms with E-state index in [4.69, 9.17) is 26.2 Å². The number of aromatic carboxylic acids is 1. The minimum Gasteiger partial charge on any atom is -0.493 e. The van der Waals surface area contributed by atoms with Gasteiger partial charge in [0.05, 0.1) is 36.1 Å². The lowest BCUT2D eigenvalue weighted by atomic mass is 9.97. The smallest absolute Gasteiger partial charge is 0.352 e. The maximum atomic E-state index is 13.7. The third kappa shape index (κ3) is 4.86. The zero-order valence-electron chi connectivity index (χ0n) is 24.2. The molecule has 2 atom stereocenters. The lowest BCUT2D eigenvalue weighted by Gasteiger charge is -2.14. The van der Waals surface area contributed by atoms with Crippen molar-refractivity contribution in [3.05, 3.63) is 82.0 Å². The number of carboxylic acids is 1. The highest BCUT2D eigenvalue weighted by Gasteiger charge is 2.40. The highest BCUT2D eigenvalue weighted by molar-refractivity contribution is 6.35. The largest absolute Gasteiger partial charge is 0.493 e. The number of carboxylic acid groups (broad SMARTS) is 1. The predicted octanol–water partition coefficient (Wildman–Crippen LogP) is 7.43. The second-order valence-electron chi connectivity index (χ2n) is 11.7. The molecule has 43 heavy (non-hydrogen) atoms. The number of hydrogen-bond acceptors (Lipinski definition) is 4. The van der Waals surface area contributed by atoms with Gasteiger partial charge in [-0.25, -0.2) is 9.18 Å². The van der Waals surface area contributed by atoms with Crippen LogP contribution in [0.4, 0.5) is 4.39 Å². The van der Waals surface area contributed by atoms with Gasteiger partial charge in [-0.2, -0.15) is 5.10 Å². The number of halogens is 2. The summed E-state index contributed by atoms with van der Waals surface area (Å²) in [6.07, 6.45) is 2.87. The summed E-state index contributed by atoms with van der Waals surface area (Å²) in [5, 5.41) is 18.5. The molecule has 1 fully saturated rings. The van der Waals surface area contributed by atoms with Crippen LogP contribution in [0.5, 0.6) is 5.75 Å². The number of nitrogens with zero attached hydrogens (tertiary/aromatic N) is 3. The standard InChI is InChI=1S/C34H33ClFN3O4/c1-3-28-31-27(37-38(28)2)18-42-17-21-14-20(21)16-39-32-25(11-12-26(35)30(31)32)24(33(39)34(40)41)7-5-13-43-29-8-4-6-19-15-22(36)9-10-23(19)29/h4,6,8-12,15,20-21H,3,5,7,13-14,16-18H2,1-2H3,(H,40,41). The summed E-state index contributed by atoms with van der Waals surface area (Å²) in [5.41, 5.74) is 5.58. The number of fused-ring (bicyclic) bond motifs is 4. The molecule has 2 aliphatic rings. The molecule has 0 radical (unpaired) electrons. The molecule has 5 aromatic rings. The Balaban J connectivity index is 1.31. The molecule has 1 saturated carbocycles. The molecule has 0 spiro atoms. The number of aromatic nitrogens is 3. The summed E-state index contributed by atoms with van der Waals surface area (Å²) in [4.78, 5) is 13.0. The van der Waals surface area contributed by atoms with Crippen LogP contribution < -0.4 is 4.74 Å². The third-order valence-electron chi connectivity index (χ3n) is 8.99. The molecule has 3 aromatic carbocycles. The van der Waals surface area contributed by atoms with Crippen molar-refractivity contribution in [2.45, 2.75) is 45.8 Å². The Morgan fingerprint density at radius 1 is 1.16 bits per heavy atom. The fraction of sp³-hybridized carbons (Fsp3) is 0.353. The number of rotatable bonds is 7. The van der Waals surface area contributed by atoms with Gasteiger partial charge in [0.15, 0.2) is 0 Å². The van der Waals surface area contributed by atoms with Crippen LogP contribution in [0.15, 0.2) is 48.5 Å². The number of benzene rings is 3. The molecule has 0 saturated heterocycles. The molecule has 3 heterocycles. The van der Waals surface area contributed by atoms with Gasteiger partial charge in [-0.3, -0.25) is 4.68 Å². The van der Waals surface area contributed by atoms with Crippen LogP contribution in [0.25, 0.3) is 32.8 Å². The van der Waals surface area contributed by atoms with Gasteiger partial charge in [-0.15, -0.1) is 0 Å². The molecule has 0 bridgehead atoms. The molecule has 1 aliphatic heterocycles. The molecule has 1 aliphatic carbocycles. The zero-order chi connectivity index (χ0) is 29.8. The van der Waals surface area contributed by atoms with E-state index in [0.717, 1.165) is 62.6 Å². The first kappa shape index (κ1) is 27.9. The van der Waals surface area contributed by atoms with Crippen molar-refractivity contribution in [2.75, 3.05) is 13.2 Å². The fourth-order valence-electron chi connectivity index (χ4n) is 6.89. The van der Waals surface area contributed by atoms with Crippen molar-refractivity contribution >= 4 is 39.2 Å². The Kier molecular flexibility index (Phi) is 7.14. The van der Waals surface area contributed by atoms with Crippen molar-refractivity contribution in [3.8, 4) is 16.9 Å². The first-order valence-electron chi connectivity index (χ1n) is 14.9. The highest BCUT2D eigenvalue weighted by Crippen LogP contribution is 2.47. The molecule has 7 nitrogen and oxygen atoms in total. The van der Waals surface area contributed by atoms with Crippen LogP contribution in [-0.2, 0) is 37.8 Å². The van der Waals surface area contributed by atoms with E-state index < -0.39 is 5.97 Å². The fourth-order valence-corrected chi connectivity index (χ4v) is 7.13. The van der Waals surface area contributed by atoms with E-state index in [2.05, 4.69) is 6.92 Å². The Hall–Kier alpha value is -3.88. The van der Waals surface area contributed by atoms with Gasteiger partial charge >= 0.3 is 5.97 Å². The first-order valence-corrected chi connectivity index (χ1v) is 15.2. The average Bonchev–Trinajstić information content (AvgIpc) is 3.54. The van der Waals surface area contributed by atoms with Gasteiger partial charge in [0.1, 0.15) is 17.3 Å². The Bertz CT molecular complexity index is 1890. The van der Waals surface area contributed by atoms with Gasteiger partial charge in [0, 0.05) is 41.2 Å². The van der Waals surface area contributed by atoms with Gasteiger partial charge in [-0.05, 0) is 78.8 Å². The van der Waals surface area contributed by atoms with Crippen LogP contribution in [0.3, 0.4) is 0 Å². The summed E-state index contributed by atoms with van der Waals surface area (Å²) in [7, 11) is 1.93. The van der Waals surface area contributed by atoms with E-state index in [1.165, 1.54) is 12.1 Å². The minimum atomic E-state index is -0.948. The molecule has 2 unspecified atom stereocenters. The second-order valence-corrected chi connectivity index (χ2v) is 12.1. The van der Waals surface area contributed by atoms with Crippen LogP contribution >= 0.6 is 11.6 Å². The van der Waals surface area contributed by atoms with Crippen molar-refractivity contribution in [1.29, 1.82) is 0 Å². The predicted molar refractivity (Wildman–Crippen MR) is 164 cm³/mol. The van der Waals surface area contributed by atoms with Crippen LogP contribution in [-0.4, -0.2) is 38.6 Å². The lowest BCUT2D eigenvalue weighted by Crippen LogP contribution is -2.13. The first-order chi connectivity index (χ1) is 20.9. The highest BCUT2D eigenvalue weighted by atomic mass is 35.5. The second kappa shape index (κ2) is 11.0. The van der Waals surface area contributed by atoms with Gasteiger partial charge < -0.3 is 19.1 Å². The quantitative estimate of drug-likeness (QED) is 0.196. The van der Waals surface area contributed by atoms with E-state index in [1.807, 2.05) is 46.6 Å². The van der Waals surface area contributed by atoms with Gasteiger partial charge in [0.2, 0.25) is 0 Å². The Morgan fingerprint density at radius 2 is 2.00 bits per heavy atom. The monoisotopic (exact) mass is 601 g/mol. The van der Waals surface area contributed by atoms with Crippen molar-refractivity contribution in [3.63, 3.8) is 0 Å². The SMILES string of the molecule is CCc1c2c(nn1C)COCC1CC1Cn1c(C(=O)O)c(CCCOc3cccc4cc(F)ccc34)c3ccc(Cl)c-2c31. The van der Waals surface area contributed by atoms with Crippen LogP contribution in [0, 0.1) is 17.7 Å². The van der Waals surface area contributed by atoms with E-state index in [1.54, 1.807) is 6.07 Å². The summed E-state index contributed by atoms with van der Waals surface area (Å²) in [6, 6.07) is 14.1. The molecule has 7 rings (SSSR count). The van der Waals surface area contributed by atoms with Crippen molar-refractivity contribution in [1.82, 2.24) is 14.3 Å². The number of hydrogen-bond donors (Lipinski definition) is 1. The summed E-state index contributed by atoms with van der Waals surface area (Å²) >= 11 is 6.99. The zero-order valence-corrected chi connectivity index (χ0v) is 25.0. The lowest BCUT2D eigenvalue weighted by molar-refractivity contribution is 0.0683. The Morgan fingerprint density at radius 3 is 2.81 bits per heavy atom. The maximum Gasteiger partial charge on any atom is 0.352 e. The van der Waals surface area contributed by atoms with E-state index >= 15 is 0 Å². The molecule has 9 heteroatoms. The Labute approximate surface area is 253 Å². The van der Waals surface area contributed by atoms with Crippen molar-refractivity contribution < 1.29 is 23.8 Å². The average molecular weight is 602 g/mol. The van der Waals surface area contributed by atoms with E-state index in [-0.39, 0.29) is 5.82 Å². The van der Waals surface area contributed by atoms with E-state index in [0.29, 0.717) is 67.5 Å². The molecule has 0 amide bonds. The summed E-state index contributed by atoms with van der Waals surface area (Å²) < 4.78 is 29.9. The van der Waals surface area contributed by atoms with Crippen molar-refractivity contribution in [2.24, 2.45) is 18.9 Å². The third-order valence-corrected chi connectivity index (χ3v) is 9.31. The van der Waals surface area contributed by atoms with Gasteiger partial charge in [-0.1, -0.05) is 36.7 Å². The van der Waals surface area contributed by atoms with Crippen LogP contribution in [0.2, 0.25) is 5.02 Å². The number of aryl methyl sites for hydroxylation is 2. The number of carbonyl (C=O) groups is 1.